The van der Waals surface area contributed by atoms with Gasteiger partial charge in [0.1, 0.15) is 6.54 Å². The van der Waals surface area contributed by atoms with Gasteiger partial charge >= 0.3 is 0 Å². The number of fused-ring (bicyclic) bond motifs is 1. The maximum absolute atomic E-state index is 13.4. The molecule has 0 saturated carbocycles. The van der Waals surface area contributed by atoms with Gasteiger partial charge in [-0.15, -0.1) is 0 Å². The Kier molecular flexibility index (Phi) is 6.38. The Balaban J connectivity index is 1.55. The number of rotatable bonds is 7. The summed E-state index contributed by atoms with van der Waals surface area (Å²) in [5.74, 6) is 0.845. The fraction of sp³-hybridized carbons (Fsp3) is 0.174. The molecular formula is C23H21BrN2O5S. The molecule has 1 amide bonds. The van der Waals surface area contributed by atoms with Gasteiger partial charge in [-0.3, -0.25) is 9.10 Å². The summed E-state index contributed by atoms with van der Waals surface area (Å²) in [5, 5.41) is 2.78. The zero-order chi connectivity index (χ0) is 22.7. The lowest BCUT2D eigenvalue weighted by Gasteiger charge is -2.24. The van der Waals surface area contributed by atoms with Crippen molar-refractivity contribution in [1.29, 1.82) is 0 Å². The summed E-state index contributed by atoms with van der Waals surface area (Å²) in [6.45, 7) is 1.92. The van der Waals surface area contributed by atoms with Crippen LogP contribution in [0.4, 0.5) is 5.69 Å². The predicted octanol–water partition coefficient (Wildman–Crippen LogP) is 4.00. The molecule has 1 heterocycles. The minimum absolute atomic E-state index is 0.117. The van der Waals surface area contributed by atoms with E-state index in [-0.39, 0.29) is 24.8 Å². The number of benzene rings is 3. The predicted molar refractivity (Wildman–Crippen MR) is 124 cm³/mol. The number of nitrogens with zero attached hydrogens (tertiary/aromatic N) is 1. The Hall–Kier alpha value is -3.04. The standard InChI is InChI=1S/C23H21BrN2O5S/c1-16-5-8-20(9-6-16)32(28,29)26(19-4-2-3-18(24)12-19)14-23(27)25-13-17-7-10-21-22(11-17)31-15-30-21/h2-12H,13-15H2,1H3,(H,25,27). The fourth-order valence-electron chi connectivity index (χ4n) is 3.22. The van der Waals surface area contributed by atoms with Gasteiger partial charge in [-0.05, 0) is 55.0 Å². The number of ether oxygens (including phenoxy) is 2. The van der Waals surface area contributed by atoms with Crippen LogP contribution < -0.4 is 19.1 Å². The highest BCUT2D eigenvalue weighted by molar-refractivity contribution is 9.10. The normalized spacial score (nSPS) is 12.4. The molecule has 0 spiro atoms. The summed E-state index contributed by atoms with van der Waals surface area (Å²) in [6.07, 6.45) is 0. The molecule has 0 fully saturated rings. The second-order valence-electron chi connectivity index (χ2n) is 7.27. The van der Waals surface area contributed by atoms with Crippen molar-refractivity contribution >= 4 is 37.5 Å². The minimum atomic E-state index is -3.96. The molecule has 166 valence electrons. The molecule has 0 radical (unpaired) electrons. The maximum atomic E-state index is 13.4. The number of amides is 1. The molecule has 4 rings (SSSR count). The molecule has 0 saturated heterocycles. The first-order chi connectivity index (χ1) is 15.3. The van der Waals surface area contributed by atoms with Gasteiger partial charge in [-0.2, -0.15) is 0 Å². The first-order valence-corrected chi connectivity index (χ1v) is 12.1. The minimum Gasteiger partial charge on any atom is -0.454 e. The van der Waals surface area contributed by atoms with Crippen molar-refractivity contribution in [3.63, 3.8) is 0 Å². The van der Waals surface area contributed by atoms with Gasteiger partial charge in [0.2, 0.25) is 12.7 Å². The van der Waals surface area contributed by atoms with Crippen LogP contribution in [0.3, 0.4) is 0 Å². The van der Waals surface area contributed by atoms with E-state index in [1.54, 1.807) is 60.7 Å². The molecule has 0 bridgehead atoms. The SMILES string of the molecule is Cc1ccc(S(=O)(=O)N(CC(=O)NCc2ccc3c(c2)OCO3)c2cccc(Br)c2)cc1. The Morgan fingerprint density at radius 3 is 2.53 bits per heavy atom. The largest absolute Gasteiger partial charge is 0.454 e. The first kappa shape index (κ1) is 22.2. The number of anilines is 1. The summed E-state index contributed by atoms with van der Waals surface area (Å²) in [6, 6.07) is 18.8. The lowest BCUT2D eigenvalue weighted by Crippen LogP contribution is -2.40. The molecular weight excluding hydrogens is 496 g/mol. The van der Waals surface area contributed by atoms with Crippen molar-refractivity contribution in [2.24, 2.45) is 0 Å². The maximum Gasteiger partial charge on any atom is 0.264 e. The van der Waals surface area contributed by atoms with Crippen molar-refractivity contribution < 1.29 is 22.7 Å². The van der Waals surface area contributed by atoms with E-state index in [0.717, 1.165) is 15.4 Å². The van der Waals surface area contributed by atoms with E-state index in [1.165, 1.54) is 0 Å². The van der Waals surface area contributed by atoms with E-state index < -0.39 is 15.9 Å². The molecule has 9 heteroatoms. The summed E-state index contributed by atoms with van der Waals surface area (Å²) >= 11 is 3.37. The van der Waals surface area contributed by atoms with E-state index in [0.29, 0.717) is 21.7 Å². The van der Waals surface area contributed by atoms with Crippen LogP contribution in [0, 0.1) is 6.92 Å². The van der Waals surface area contributed by atoms with Gasteiger partial charge in [0.25, 0.3) is 10.0 Å². The zero-order valence-electron chi connectivity index (χ0n) is 17.2. The average molecular weight is 517 g/mol. The van der Waals surface area contributed by atoms with Gasteiger partial charge < -0.3 is 14.8 Å². The van der Waals surface area contributed by atoms with Gasteiger partial charge in [0.15, 0.2) is 11.5 Å². The third-order valence-electron chi connectivity index (χ3n) is 4.92. The number of hydrogen-bond donors (Lipinski definition) is 1. The third-order valence-corrected chi connectivity index (χ3v) is 7.20. The highest BCUT2D eigenvalue weighted by Gasteiger charge is 2.27. The summed E-state index contributed by atoms with van der Waals surface area (Å²) in [5.41, 5.74) is 2.15. The number of sulfonamides is 1. The number of nitrogens with one attached hydrogen (secondary N) is 1. The topological polar surface area (TPSA) is 84.9 Å². The van der Waals surface area contributed by atoms with Crippen molar-refractivity contribution in [2.45, 2.75) is 18.4 Å². The lowest BCUT2D eigenvalue weighted by atomic mass is 10.2. The quantitative estimate of drug-likeness (QED) is 0.513. The van der Waals surface area contributed by atoms with Crippen LogP contribution in [0.2, 0.25) is 0 Å². The smallest absolute Gasteiger partial charge is 0.264 e. The molecule has 3 aromatic rings. The van der Waals surface area contributed by atoms with E-state index in [9.17, 15) is 13.2 Å². The summed E-state index contributed by atoms with van der Waals surface area (Å²) in [7, 11) is -3.96. The molecule has 0 atom stereocenters. The van der Waals surface area contributed by atoms with Gasteiger partial charge in [-0.1, -0.05) is 45.8 Å². The van der Waals surface area contributed by atoms with Crippen LogP contribution in [0.1, 0.15) is 11.1 Å². The van der Waals surface area contributed by atoms with Crippen LogP contribution in [0.15, 0.2) is 76.1 Å². The van der Waals surface area contributed by atoms with Crippen LogP contribution >= 0.6 is 15.9 Å². The van der Waals surface area contributed by atoms with Gasteiger partial charge in [0, 0.05) is 11.0 Å². The number of aryl methyl sites for hydroxylation is 1. The lowest BCUT2D eigenvalue weighted by molar-refractivity contribution is -0.119. The summed E-state index contributed by atoms with van der Waals surface area (Å²) in [4.78, 5) is 12.9. The monoisotopic (exact) mass is 516 g/mol. The molecule has 1 N–H and O–H groups in total. The Morgan fingerprint density at radius 2 is 1.78 bits per heavy atom. The molecule has 7 nitrogen and oxygen atoms in total. The average Bonchev–Trinajstić information content (AvgIpc) is 3.24. The second kappa shape index (κ2) is 9.22. The van der Waals surface area contributed by atoms with E-state index in [2.05, 4.69) is 21.2 Å². The number of carbonyl (C=O) groups is 1. The number of halogens is 1. The Bertz CT molecular complexity index is 1250. The molecule has 1 aliphatic rings. The van der Waals surface area contributed by atoms with Crippen molar-refractivity contribution in [3.05, 3.63) is 82.3 Å². The van der Waals surface area contributed by atoms with Crippen molar-refractivity contribution in [3.8, 4) is 11.5 Å². The zero-order valence-corrected chi connectivity index (χ0v) is 19.6. The Morgan fingerprint density at radius 1 is 1.03 bits per heavy atom. The van der Waals surface area contributed by atoms with E-state index in [4.69, 9.17) is 9.47 Å². The molecule has 1 aliphatic heterocycles. The first-order valence-electron chi connectivity index (χ1n) is 9.83. The van der Waals surface area contributed by atoms with Gasteiger partial charge in [0.05, 0.1) is 10.6 Å². The van der Waals surface area contributed by atoms with Crippen LogP contribution in [-0.4, -0.2) is 27.7 Å². The third kappa shape index (κ3) is 4.89. The molecule has 0 aromatic heterocycles. The van der Waals surface area contributed by atoms with Crippen LogP contribution in [0.5, 0.6) is 11.5 Å². The molecule has 0 unspecified atom stereocenters. The van der Waals surface area contributed by atoms with Gasteiger partial charge in [-0.25, -0.2) is 8.42 Å². The Labute approximate surface area is 195 Å². The molecule has 3 aromatic carbocycles. The van der Waals surface area contributed by atoms with Crippen LogP contribution in [-0.2, 0) is 21.4 Å². The fourth-order valence-corrected chi connectivity index (χ4v) is 5.02. The van der Waals surface area contributed by atoms with E-state index >= 15 is 0 Å². The number of carbonyl (C=O) groups excluding carboxylic acids is 1. The van der Waals surface area contributed by atoms with Crippen LogP contribution in [0.25, 0.3) is 0 Å². The van der Waals surface area contributed by atoms with Crippen molar-refractivity contribution in [1.82, 2.24) is 5.32 Å². The van der Waals surface area contributed by atoms with E-state index in [1.807, 2.05) is 13.0 Å². The molecule has 32 heavy (non-hydrogen) atoms. The molecule has 0 aliphatic carbocycles. The second-order valence-corrected chi connectivity index (χ2v) is 10.0. The number of hydrogen-bond acceptors (Lipinski definition) is 5. The highest BCUT2D eigenvalue weighted by Crippen LogP contribution is 2.32. The highest BCUT2D eigenvalue weighted by atomic mass is 79.9. The summed E-state index contributed by atoms with van der Waals surface area (Å²) < 4.78 is 39.2. The van der Waals surface area contributed by atoms with Crippen molar-refractivity contribution in [2.75, 3.05) is 17.6 Å².